The number of alkyl halides is 3. The molecule has 144 valence electrons. The van der Waals surface area contributed by atoms with Crippen molar-refractivity contribution in [1.82, 2.24) is 4.90 Å². The van der Waals surface area contributed by atoms with Crippen molar-refractivity contribution in [3.8, 4) is 0 Å². The topological polar surface area (TPSA) is 49.6 Å². The standard InChI is InChI=1S/C19H26F3N3O/c1-18(2,17(23)26)24(3)16-9-4-12-10-25(11-15(12)16)14-7-5-13(6-8-14)19(20,21)22/h5-8,12,15-16H,4,9-11H2,1-3H3,(H2,23,26)/t12-,15+,16+/m1/s1. The highest BCUT2D eigenvalue weighted by atomic mass is 19.4. The molecule has 7 heteroatoms. The molecule has 1 heterocycles. The Bertz CT molecular complexity index is 672. The molecule has 0 radical (unpaired) electrons. The van der Waals surface area contributed by atoms with E-state index in [0.29, 0.717) is 11.8 Å². The number of carbonyl (C=O) groups is 1. The fourth-order valence-corrected chi connectivity index (χ4v) is 4.38. The zero-order chi connectivity index (χ0) is 19.3. The zero-order valence-corrected chi connectivity index (χ0v) is 15.4. The van der Waals surface area contributed by atoms with Gasteiger partial charge in [-0.25, -0.2) is 0 Å². The Balaban J connectivity index is 1.73. The van der Waals surface area contributed by atoms with E-state index in [9.17, 15) is 18.0 Å². The van der Waals surface area contributed by atoms with E-state index in [1.54, 1.807) is 12.1 Å². The number of carbonyl (C=O) groups excluding carboxylic acids is 1. The molecule has 4 nitrogen and oxygen atoms in total. The van der Waals surface area contributed by atoms with Crippen LogP contribution < -0.4 is 10.6 Å². The fourth-order valence-electron chi connectivity index (χ4n) is 4.38. The van der Waals surface area contributed by atoms with Crippen LogP contribution in [0.1, 0.15) is 32.3 Å². The number of nitrogens with two attached hydrogens (primary N) is 1. The van der Waals surface area contributed by atoms with Gasteiger partial charge in [-0.2, -0.15) is 13.2 Å². The van der Waals surface area contributed by atoms with Crippen molar-refractivity contribution in [1.29, 1.82) is 0 Å². The number of amides is 1. The minimum absolute atomic E-state index is 0.252. The van der Waals surface area contributed by atoms with Gasteiger partial charge in [0.15, 0.2) is 0 Å². The van der Waals surface area contributed by atoms with Crippen molar-refractivity contribution in [3.63, 3.8) is 0 Å². The Hall–Kier alpha value is -1.76. The predicted molar refractivity (Wildman–Crippen MR) is 94.7 cm³/mol. The minimum Gasteiger partial charge on any atom is -0.371 e. The molecule has 1 aromatic carbocycles. The van der Waals surface area contributed by atoms with Crippen LogP contribution in [0.3, 0.4) is 0 Å². The van der Waals surface area contributed by atoms with Gasteiger partial charge in [-0.05, 0) is 69.8 Å². The lowest BCUT2D eigenvalue weighted by Gasteiger charge is -2.40. The van der Waals surface area contributed by atoms with Gasteiger partial charge in [-0.15, -0.1) is 0 Å². The van der Waals surface area contributed by atoms with E-state index in [1.165, 1.54) is 0 Å². The van der Waals surface area contributed by atoms with Gasteiger partial charge in [0, 0.05) is 24.8 Å². The van der Waals surface area contributed by atoms with Gasteiger partial charge in [0.25, 0.3) is 0 Å². The maximum atomic E-state index is 12.7. The number of benzene rings is 1. The molecule has 0 aromatic heterocycles. The minimum atomic E-state index is -4.31. The Labute approximate surface area is 152 Å². The number of anilines is 1. The molecule has 0 unspecified atom stereocenters. The maximum absolute atomic E-state index is 12.7. The van der Waals surface area contributed by atoms with Crippen molar-refractivity contribution < 1.29 is 18.0 Å². The summed E-state index contributed by atoms with van der Waals surface area (Å²) in [6.07, 6.45) is -2.23. The monoisotopic (exact) mass is 369 g/mol. The molecule has 2 fully saturated rings. The van der Waals surface area contributed by atoms with E-state index >= 15 is 0 Å². The first-order chi connectivity index (χ1) is 12.0. The molecular formula is C19H26F3N3O. The Morgan fingerprint density at radius 1 is 1.15 bits per heavy atom. The second-order valence-corrected chi connectivity index (χ2v) is 8.05. The molecule has 3 atom stereocenters. The van der Waals surface area contributed by atoms with E-state index in [-0.39, 0.29) is 11.9 Å². The Kier molecular flexibility index (Phi) is 4.71. The van der Waals surface area contributed by atoms with Crippen LogP contribution in [0, 0.1) is 11.8 Å². The van der Waals surface area contributed by atoms with Crippen molar-refractivity contribution in [2.45, 2.75) is 44.4 Å². The molecule has 1 amide bonds. The molecule has 2 N–H and O–H groups in total. The number of hydrogen-bond donors (Lipinski definition) is 1. The van der Waals surface area contributed by atoms with Crippen molar-refractivity contribution in [3.05, 3.63) is 29.8 Å². The number of halogens is 3. The molecule has 1 aliphatic heterocycles. The predicted octanol–water partition coefficient (Wildman–Crippen LogP) is 3.12. The largest absolute Gasteiger partial charge is 0.416 e. The average molecular weight is 369 g/mol. The highest BCUT2D eigenvalue weighted by Gasteiger charge is 2.47. The number of likely N-dealkylation sites (N-methyl/N-ethyl adjacent to an activating group) is 1. The van der Waals surface area contributed by atoms with E-state index in [1.807, 2.05) is 20.9 Å². The lowest BCUT2D eigenvalue weighted by Crippen LogP contribution is -2.56. The van der Waals surface area contributed by atoms with Crippen LogP contribution in [-0.4, -0.2) is 42.5 Å². The summed E-state index contributed by atoms with van der Waals surface area (Å²) in [5.74, 6) is 0.537. The van der Waals surface area contributed by atoms with E-state index < -0.39 is 17.3 Å². The summed E-state index contributed by atoms with van der Waals surface area (Å²) in [4.78, 5) is 16.0. The summed E-state index contributed by atoms with van der Waals surface area (Å²) in [5, 5.41) is 0. The van der Waals surface area contributed by atoms with Gasteiger partial charge >= 0.3 is 6.18 Å². The molecule has 2 aliphatic rings. The van der Waals surface area contributed by atoms with Gasteiger partial charge < -0.3 is 10.6 Å². The van der Waals surface area contributed by atoms with Crippen LogP contribution in [0.15, 0.2) is 24.3 Å². The quantitative estimate of drug-likeness (QED) is 0.887. The third kappa shape index (κ3) is 3.29. The first kappa shape index (κ1) is 19.0. The molecule has 1 saturated carbocycles. The Morgan fingerprint density at radius 3 is 2.31 bits per heavy atom. The molecule has 0 spiro atoms. The smallest absolute Gasteiger partial charge is 0.371 e. The third-order valence-corrected chi connectivity index (χ3v) is 6.36. The first-order valence-electron chi connectivity index (χ1n) is 8.97. The van der Waals surface area contributed by atoms with Gasteiger partial charge in [-0.1, -0.05) is 0 Å². The molecule has 3 rings (SSSR count). The molecule has 1 aliphatic carbocycles. The van der Waals surface area contributed by atoms with E-state index in [2.05, 4.69) is 9.80 Å². The third-order valence-electron chi connectivity index (χ3n) is 6.36. The van der Waals surface area contributed by atoms with Crippen LogP contribution in [0.4, 0.5) is 18.9 Å². The second kappa shape index (κ2) is 6.44. The van der Waals surface area contributed by atoms with Crippen molar-refractivity contribution in [2.24, 2.45) is 17.6 Å². The van der Waals surface area contributed by atoms with Gasteiger partial charge in [0.05, 0.1) is 11.1 Å². The number of hydrogen-bond acceptors (Lipinski definition) is 3. The first-order valence-corrected chi connectivity index (χ1v) is 8.97. The Morgan fingerprint density at radius 2 is 1.77 bits per heavy atom. The SMILES string of the molecule is CN([C@H]1CC[C@@H]2CN(c3ccc(C(F)(F)F)cc3)C[C@@H]21)C(C)(C)C(N)=O. The zero-order valence-electron chi connectivity index (χ0n) is 15.4. The van der Waals surface area contributed by atoms with Crippen LogP contribution in [0.25, 0.3) is 0 Å². The number of rotatable bonds is 4. The van der Waals surface area contributed by atoms with Crippen LogP contribution in [0.2, 0.25) is 0 Å². The van der Waals surface area contributed by atoms with Crippen LogP contribution in [0.5, 0.6) is 0 Å². The van der Waals surface area contributed by atoms with Crippen LogP contribution >= 0.6 is 0 Å². The van der Waals surface area contributed by atoms with Crippen molar-refractivity contribution >= 4 is 11.6 Å². The lowest BCUT2D eigenvalue weighted by molar-refractivity contribution is -0.137. The van der Waals surface area contributed by atoms with E-state index in [0.717, 1.165) is 43.8 Å². The highest BCUT2D eigenvalue weighted by molar-refractivity contribution is 5.83. The molecule has 1 aromatic rings. The summed E-state index contributed by atoms with van der Waals surface area (Å²) in [7, 11) is 1.94. The summed E-state index contributed by atoms with van der Waals surface area (Å²) >= 11 is 0. The summed E-state index contributed by atoms with van der Waals surface area (Å²) in [6, 6.07) is 5.64. The maximum Gasteiger partial charge on any atom is 0.416 e. The summed E-state index contributed by atoms with van der Waals surface area (Å²) in [5.41, 5.74) is 5.04. The molecular weight excluding hydrogens is 343 g/mol. The molecule has 0 bridgehead atoms. The normalized spacial score (nSPS) is 26.4. The van der Waals surface area contributed by atoms with Gasteiger partial charge in [0.2, 0.25) is 5.91 Å². The molecule has 26 heavy (non-hydrogen) atoms. The second-order valence-electron chi connectivity index (χ2n) is 8.05. The number of primary amides is 1. The summed E-state index contributed by atoms with van der Waals surface area (Å²) < 4.78 is 38.2. The van der Waals surface area contributed by atoms with Gasteiger partial charge in [0.1, 0.15) is 0 Å². The number of fused-ring (bicyclic) bond motifs is 1. The van der Waals surface area contributed by atoms with Crippen molar-refractivity contribution in [2.75, 3.05) is 25.0 Å². The summed E-state index contributed by atoms with van der Waals surface area (Å²) in [6.45, 7) is 5.31. The average Bonchev–Trinajstić information content (AvgIpc) is 3.13. The van der Waals surface area contributed by atoms with Gasteiger partial charge in [-0.3, -0.25) is 9.69 Å². The molecule has 1 saturated heterocycles. The lowest BCUT2D eigenvalue weighted by atomic mass is 9.92. The number of nitrogens with zero attached hydrogens (tertiary/aromatic N) is 2. The highest BCUT2D eigenvalue weighted by Crippen LogP contribution is 2.43. The van der Waals surface area contributed by atoms with E-state index in [4.69, 9.17) is 5.73 Å². The van der Waals surface area contributed by atoms with Crippen LogP contribution in [-0.2, 0) is 11.0 Å². The fraction of sp³-hybridized carbons (Fsp3) is 0.632.